The van der Waals surface area contributed by atoms with Crippen molar-refractivity contribution in [2.75, 3.05) is 0 Å². The fourth-order valence-corrected chi connectivity index (χ4v) is 2.35. The van der Waals surface area contributed by atoms with Crippen LogP contribution in [0.5, 0.6) is 0 Å². The molecule has 0 aliphatic heterocycles. The monoisotopic (exact) mass is 356 g/mol. The van der Waals surface area contributed by atoms with Crippen molar-refractivity contribution in [3.05, 3.63) is 69.9 Å². The molecule has 1 amide bonds. The summed E-state index contributed by atoms with van der Waals surface area (Å²) in [4.78, 5) is 43.0. The molecule has 0 saturated heterocycles. The van der Waals surface area contributed by atoms with E-state index in [1.165, 1.54) is 18.6 Å². The summed E-state index contributed by atoms with van der Waals surface area (Å²) in [7, 11) is 0. The van der Waals surface area contributed by atoms with E-state index in [0.717, 1.165) is 0 Å². The number of nitrogens with one attached hydrogen (secondary N) is 2. The smallest absolute Gasteiger partial charge is 0.272 e. The number of aromatic nitrogens is 5. The Morgan fingerprint density at radius 1 is 1.24 bits per heavy atom. The fourth-order valence-electron chi connectivity index (χ4n) is 2.14. The first kappa shape index (κ1) is 16.7. The largest absolute Gasteiger partial charge is 0.341 e. The van der Waals surface area contributed by atoms with Gasteiger partial charge in [0.1, 0.15) is 17.8 Å². The van der Waals surface area contributed by atoms with Gasteiger partial charge in [-0.3, -0.25) is 9.59 Å². The number of rotatable bonds is 4. The molecule has 25 heavy (non-hydrogen) atoms. The van der Waals surface area contributed by atoms with Gasteiger partial charge in [0.2, 0.25) is 0 Å². The number of H-pyrrole nitrogens is 1. The second-order valence-corrected chi connectivity index (χ2v) is 5.55. The van der Waals surface area contributed by atoms with Crippen molar-refractivity contribution >= 4 is 17.5 Å². The summed E-state index contributed by atoms with van der Waals surface area (Å²) in [5.41, 5.74) is 0.646. The van der Waals surface area contributed by atoms with E-state index >= 15 is 0 Å². The molecule has 3 aromatic rings. The number of aromatic amines is 1. The van der Waals surface area contributed by atoms with E-state index in [-0.39, 0.29) is 16.3 Å². The number of carbonyl (C=O) groups is 1. The van der Waals surface area contributed by atoms with Crippen molar-refractivity contribution in [3.8, 4) is 11.4 Å². The predicted octanol–water partition coefficient (Wildman–Crippen LogP) is 1.77. The maximum Gasteiger partial charge on any atom is 0.272 e. The molecule has 0 saturated carbocycles. The average Bonchev–Trinajstić information content (AvgIpc) is 2.62. The minimum atomic E-state index is -0.569. The van der Waals surface area contributed by atoms with Crippen LogP contribution in [0.2, 0.25) is 5.02 Å². The average molecular weight is 357 g/mol. The maximum absolute atomic E-state index is 12.3. The first-order valence-corrected chi connectivity index (χ1v) is 7.71. The third-order valence-corrected chi connectivity index (χ3v) is 3.64. The van der Waals surface area contributed by atoms with Crippen molar-refractivity contribution < 1.29 is 4.79 Å². The molecule has 3 heterocycles. The number of hydrogen-bond acceptors (Lipinski definition) is 6. The normalized spacial score (nSPS) is 11.8. The van der Waals surface area contributed by atoms with Crippen LogP contribution in [0.3, 0.4) is 0 Å². The lowest BCUT2D eigenvalue weighted by Crippen LogP contribution is -2.30. The van der Waals surface area contributed by atoms with Gasteiger partial charge < -0.3 is 10.3 Å². The zero-order chi connectivity index (χ0) is 17.8. The highest BCUT2D eigenvalue weighted by molar-refractivity contribution is 6.33. The highest BCUT2D eigenvalue weighted by atomic mass is 35.5. The van der Waals surface area contributed by atoms with Gasteiger partial charge in [-0.2, -0.15) is 0 Å². The van der Waals surface area contributed by atoms with Crippen molar-refractivity contribution in [2.45, 2.75) is 13.0 Å². The molecule has 3 rings (SSSR count). The van der Waals surface area contributed by atoms with Gasteiger partial charge in [-0.15, -0.1) is 0 Å². The van der Waals surface area contributed by atoms with E-state index in [1.54, 1.807) is 31.3 Å². The molecule has 3 aromatic heterocycles. The first-order chi connectivity index (χ1) is 12.0. The summed E-state index contributed by atoms with van der Waals surface area (Å²) in [6.45, 7) is 1.69. The van der Waals surface area contributed by atoms with Crippen LogP contribution in [0, 0.1) is 0 Å². The quantitative estimate of drug-likeness (QED) is 0.736. The number of hydrogen-bond donors (Lipinski definition) is 2. The SMILES string of the molecule is CC(NC(=O)c1ncccc1Cl)c1nc(-c2ccncn2)cc(=O)[nH]1. The number of pyridine rings is 1. The molecule has 9 heteroatoms. The summed E-state index contributed by atoms with van der Waals surface area (Å²) in [5.74, 6) is -0.172. The third kappa shape index (κ3) is 3.86. The topological polar surface area (TPSA) is 114 Å². The van der Waals surface area contributed by atoms with Crippen LogP contribution in [0.4, 0.5) is 0 Å². The van der Waals surface area contributed by atoms with Crippen LogP contribution >= 0.6 is 11.6 Å². The minimum absolute atomic E-state index is 0.102. The lowest BCUT2D eigenvalue weighted by Gasteiger charge is -2.14. The standard InChI is InChI=1S/C16H13ClN6O2/c1-9(21-16(25)14-10(17)3-2-5-19-14)15-22-12(7-13(24)23-15)11-4-6-18-8-20-11/h2-9H,1H3,(H,21,25)(H,22,23,24). The first-order valence-electron chi connectivity index (χ1n) is 7.33. The van der Waals surface area contributed by atoms with Crippen LogP contribution in [0.1, 0.15) is 29.3 Å². The Labute approximate surface area is 147 Å². The number of nitrogens with zero attached hydrogens (tertiary/aromatic N) is 4. The molecule has 0 spiro atoms. The molecule has 0 aromatic carbocycles. The third-order valence-electron chi connectivity index (χ3n) is 3.34. The van der Waals surface area contributed by atoms with E-state index in [1.807, 2.05) is 0 Å². The zero-order valence-corrected chi connectivity index (χ0v) is 13.9. The van der Waals surface area contributed by atoms with E-state index in [4.69, 9.17) is 11.6 Å². The lowest BCUT2D eigenvalue weighted by molar-refractivity contribution is 0.0933. The number of amides is 1. The number of carbonyl (C=O) groups excluding carboxylic acids is 1. The summed E-state index contributed by atoms with van der Waals surface area (Å²) in [6, 6.07) is 5.61. The fraction of sp³-hybridized carbons (Fsp3) is 0.125. The van der Waals surface area contributed by atoms with Gasteiger partial charge in [-0.05, 0) is 25.1 Å². The Bertz CT molecular complexity index is 960. The predicted molar refractivity (Wildman–Crippen MR) is 91.0 cm³/mol. The van der Waals surface area contributed by atoms with Crippen molar-refractivity contribution in [1.82, 2.24) is 30.2 Å². The van der Waals surface area contributed by atoms with Crippen LogP contribution < -0.4 is 10.9 Å². The summed E-state index contributed by atoms with van der Waals surface area (Å²) >= 11 is 5.97. The molecule has 126 valence electrons. The summed E-state index contributed by atoms with van der Waals surface area (Å²) < 4.78 is 0. The Morgan fingerprint density at radius 3 is 2.80 bits per heavy atom. The molecule has 8 nitrogen and oxygen atoms in total. The van der Waals surface area contributed by atoms with Gasteiger partial charge in [0, 0.05) is 18.5 Å². The molecule has 2 N–H and O–H groups in total. The van der Waals surface area contributed by atoms with Gasteiger partial charge in [0.15, 0.2) is 0 Å². The zero-order valence-electron chi connectivity index (χ0n) is 13.1. The van der Waals surface area contributed by atoms with Gasteiger partial charge in [0.25, 0.3) is 11.5 Å². The van der Waals surface area contributed by atoms with E-state index in [2.05, 4.69) is 30.2 Å². The van der Waals surface area contributed by atoms with Crippen LogP contribution in [-0.4, -0.2) is 30.8 Å². The van der Waals surface area contributed by atoms with Crippen molar-refractivity contribution in [1.29, 1.82) is 0 Å². The van der Waals surface area contributed by atoms with Crippen LogP contribution in [0.25, 0.3) is 11.4 Å². The summed E-state index contributed by atoms with van der Waals surface area (Å²) in [5, 5.41) is 2.95. The van der Waals surface area contributed by atoms with Gasteiger partial charge in [-0.25, -0.2) is 19.9 Å². The molecule has 1 atom stereocenters. The minimum Gasteiger partial charge on any atom is -0.341 e. The Balaban J connectivity index is 1.86. The van der Waals surface area contributed by atoms with Gasteiger partial charge in [-0.1, -0.05) is 11.6 Å². The Hall–Kier alpha value is -3.13. The van der Waals surface area contributed by atoms with E-state index < -0.39 is 11.9 Å². The molecule has 1 unspecified atom stereocenters. The molecule has 0 bridgehead atoms. The molecule has 0 aliphatic carbocycles. The second kappa shape index (κ2) is 7.18. The van der Waals surface area contributed by atoms with Gasteiger partial charge >= 0.3 is 0 Å². The Morgan fingerprint density at radius 2 is 2.08 bits per heavy atom. The molecular weight excluding hydrogens is 344 g/mol. The molecule has 0 radical (unpaired) electrons. The van der Waals surface area contributed by atoms with Gasteiger partial charge in [0.05, 0.1) is 22.5 Å². The Kier molecular flexibility index (Phi) is 4.80. The van der Waals surface area contributed by atoms with E-state index in [9.17, 15) is 9.59 Å². The highest BCUT2D eigenvalue weighted by Crippen LogP contribution is 2.16. The second-order valence-electron chi connectivity index (χ2n) is 5.14. The molecular formula is C16H13ClN6O2. The van der Waals surface area contributed by atoms with Crippen LogP contribution in [0.15, 0.2) is 47.8 Å². The lowest BCUT2D eigenvalue weighted by atomic mass is 10.2. The maximum atomic E-state index is 12.3. The van der Waals surface area contributed by atoms with E-state index in [0.29, 0.717) is 17.2 Å². The molecule has 0 aliphatic rings. The van der Waals surface area contributed by atoms with Crippen molar-refractivity contribution in [3.63, 3.8) is 0 Å². The number of halogens is 1. The highest BCUT2D eigenvalue weighted by Gasteiger charge is 2.17. The van der Waals surface area contributed by atoms with Crippen LogP contribution in [-0.2, 0) is 0 Å². The van der Waals surface area contributed by atoms with Crippen molar-refractivity contribution in [2.24, 2.45) is 0 Å². The summed E-state index contributed by atoms with van der Waals surface area (Å²) in [6.07, 6.45) is 4.40. The molecule has 0 fully saturated rings.